The Bertz CT molecular complexity index is 203. The molecule has 0 bridgehead atoms. The maximum Gasteiger partial charge on any atom is 0.318 e. The Morgan fingerprint density at radius 2 is 2.20 bits per heavy atom. The van der Waals surface area contributed by atoms with Crippen LogP contribution in [0.15, 0.2) is 12.8 Å². The second-order valence-electron chi connectivity index (χ2n) is 3.41. The molecule has 1 heterocycles. The van der Waals surface area contributed by atoms with Crippen LogP contribution in [0, 0.1) is 0 Å². The third-order valence-corrected chi connectivity index (χ3v) is 2.27. The van der Waals surface area contributed by atoms with E-state index in [9.17, 15) is 4.79 Å². The van der Waals surface area contributed by atoms with E-state index in [1.807, 2.05) is 0 Å². The van der Waals surface area contributed by atoms with Gasteiger partial charge >= 0.3 is 6.03 Å². The first-order valence-corrected chi connectivity index (χ1v) is 5.28. The molecule has 0 atom stereocenters. The molecular formula is C10H19N3O2. The number of rotatable bonds is 5. The highest BCUT2D eigenvalue weighted by Gasteiger charge is 2.09. The van der Waals surface area contributed by atoms with Gasteiger partial charge in [0.15, 0.2) is 0 Å². The van der Waals surface area contributed by atoms with Crippen LogP contribution in [-0.2, 0) is 4.74 Å². The highest BCUT2D eigenvalue weighted by atomic mass is 16.5. The third kappa shape index (κ3) is 5.39. The molecule has 1 aliphatic heterocycles. The number of hydrogen-bond donors (Lipinski definition) is 2. The zero-order valence-corrected chi connectivity index (χ0v) is 9.00. The van der Waals surface area contributed by atoms with Crippen LogP contribution in [0.3, 0.4) is 0 Å². The van der Waals surface area contributed by atoms with Crippen molar-refractivity contribution in [3.05, 3.63) is 12.8 Å². The lowest BCUT2D eigenvalue weighted by Crippen LogP contribution is -2.39. The zero-order chi connectivity index (χ0) is 10.9. The van der Waals surface area contributed by atoms with Crippen LogP contribution >= 0.6 is 0 Å². The van der Waals surface area contributed by atoms with E-state index < -0.39 is 0 Å². The van der Waals surface area contributed by atoms with E-state index in [1.165, 1.54) is 6.20 Å². The van der Waals surface area contributed by atoms with Crippen LogP contribution in [-0.4, -0.2) is 50.3 Å². The van der Waals surface area contributed by atoms with Crippen molar-refractivity contribution in [1.29, 1.82) is 0 Å². The van der Waals surface area contributed by atoms with Crippen LogP contribution in [0.25, 0.3) is 0 Å². The van der Waals surface area contributed by atoms with Crippen LogP contribution in [0.2, 0.25) is 0 Å². The van der Waals surface area contributed by atoms with Gasteiger partial charge in [-0.2, -0.15) is 0 Å². The molecule has 0 spiro atoms. The zero-order valence-electron chi connectivity index (χ0n) is 9.00. The summed E-state index contributed by atoms with van der Waals surface area (Å²) in [6.45, 7) is 8.76. The number of nitrogens with zero attached hydrogens (tertiary/aromatic N) is 1. The minimum atomic E-state index is -0.188. The van der Waals surface area contributed by atoms with Gasteiger partial charge in [-0.3, -0.25) is 4.90 Å². The first-order valence-electron chi connectivity index (χ1n) is 5.28. The minimum absolute atomic E-state index is 0.188. The lowest BCUT2D eigenvalue weighted by atomic mass is 10.3. The van der Waals surface area contributed by atoms with Crippen molar-refractivity contribution in [1.82, 2.24) is 15.5 Å². The van der Waals surface area contributed by atoms with Crippen molar-refractivity contribution in [3.63, 3.8) is 0 Å². The Morgan fingerprint density at radius 1 is 1.47 bits per heavy atom. The Labute approximate surface area is 90.5 Å². The average Bonchev–Trinajstić information content (AvgIpc) is 2.26. The molecule has 1 saturated heterocycles. The van der Waals surface area contributed by atoms with Crippen LogP contribution < -0.4 is 10.6 Å². The number of ether oxygens (including phenoxy) is 1. The van der Waals surface area contributed by atoms with Crippen molar-refractivity contribution in [3.8, 4) is 0 Å². The summed E-state index contributed by atoms with van der Waals surface area (Å²) in [5, 5.41) is 5.21. The van der Waals surface area contributed by atoms with Crippen molar-refractivity contribution in [2.75, 3.05) is 39.4 Å². The molecule has 0 radical (unpaired) electrons. The highest BCUT2D eigenvalue weighted by molar-refractivity contribution is 5.74. The summed E-state index contributed by atoms with van der Waals surface area (Å²) in [6, 6.07) is -0.188. The van der Waals surface area contributed by atoms with Crippen molar-refractivity contribution in [2.45, 2.75) is 6.42 Å². The molecule has 0 aliphatic carbocycles. The molecule has 1 fully saturated rings. The fourth-order valence-corrected chi connectivity index (χ4v) is 1.47. The Balaban J connectivity index is 1.95. The second kappa shape index (κ2) is 7.25. The summed E-state index contributed by atoms with van der Waals surface area (Å²) in [5.74, 6) is 0. The van der Waals surface area contributed by atoms with Gasteiger partial charge in [-0.05, 0) is 19.2 Å². The van der Waals surface area contributed by atoms with E-state index >= 15 is 0 Å². The Kier molecular flexibility index (Phi) is 5.80. The van der Waals surface area contributed by atoms with E-state index in [0.29, 0.717) is 6.54 Å². The van der Waals surface area contributed by atoms with Gasteiger partial charge in [0, 0.05) is 19.6 Å². The molecule has 1 rings (SSSR count). The number of urea groups is 1. The molecule has 0 unspecified atom stereocenters. The SMILES string of the molecule is C=CNC(=O)NCCCN1CCOCC1. The molecule has 1 aliphatic rings. The van der Waals surface area contributed by atoms with E-state index in [4.69, 9.17) is 4.74 Å². The predicted molar refractivity (Wildman–Crippen MR) is 58.6 cm³/mol. The number of carbonyl (C=O) groups excluding carboxylic acids is 1. The first-order chi connectivity index (χ1) is 7.33. The van der Waals surface area contributed by atoms with E-state index in [-0.39, 0.29) is 6.03 Å². The topological polar surface area (TPSA) is 53.6 Å². The predicted octanol–water partition coefficient (Wildman–Crippen LogP) is 0.151. The standard InChI is InChI=1S/C10H19N3O2/c1-2-11-10(14)12-4-3-5-13-6-8-15-9-7-13/h2H,1,3-9H2,(H2,11,12,14). The molecule has 5 nitrogen and oxygen atoms in total. The molecule has 15 heavy (non-hydrogen) atoms. The van der Waals surface area contributed by atoms with Gasteiger partial charge in [0.2, 0.25) is 0 Å². The molecule has 86 valence electrons. The summed E-state index contributed by atoms with van der Waals surface area (Å²) in [7, 11) is 0. The van der Waals surface area contributed by atoms with Crippen molar-refractivity contribution in [2.24, 2.45) is 0 Å². The number of amides is 2. The summed E-state index contributed by atoms with van der Waals surface area (Å²) < 4.78 is 5.24. The lowest BCUT2D eigenvalue weighted by Gasteiger charge is -2.26. The highest BCUT2D eigenvalue weighted by Crippen LogP contribution is 1.96. The van der Waals surface area contributed by atoms with E-state index in [1.54, 1.807) is 0 Å². The molecular weight excluding hydrogens is 194 g/mol. The fourth-order valence-electron chi connectivity index (χ4n) is 1.47. The summed E-state index contributed by atoms with van der Waals surface area (Å²) in [5.41, 5.74) is 0. The number of carbonyl (C=O) groups is 1. The van der Waals surface area contributed by atoms with Crippen LogP contribution in [0.5, 0.6) is 0 Å². The average molecular weight is 213 g/mol. The fraction of sp³-hybridized carbons (Fsp3) is 0.700. The Morgan fingerprint density at radius 3 is 2.87 bits per heavy atom. The molecule has 5 heteroatoms. The Hall–Kier alpha value is -1.07. The normalized spacial score (nSPS) is 17.1. The van der Waals surface area contributed by atoms with E-state index in [2.05, 4.69) is 22.1 Å². The number of nitrogens with one attached hydrogen (secondary N) is 2. The largest absolute Gasteiger partial charge is 0.379 e. The van der Waals surface area contributed by atoms with Gasteiger partial charge in [0.1, 0.15) is 0 Å². The third-order valence-electron chi connectivity index (χ3n) is 2.27. The first kappa shape index (κ1) is 12.0. The van der Waals surface area contributed by atoms with Crippen LogP contribution in [0.1, 0.15) is 6.42 Å². The van der Waals surface area contributed by atoms with Crippen molar-refractivity contribution >= 4 is 6.03 Å². The maximum absolute atomic E-state index is 11.0. The quantitative estimate of drug-likeness (QED) is 0.639. The van der Waals surface area contributed by atoms with Crippen molar-refractivity contribution < 1.29 is 9.53 Å². The van der Waals surface area contributed by atoms with Gasteiger partial charge in [-0.25, -0.2) is 4.79 Å². The maximum atomic E-state index is 11.0. The lowest BCUT2D eigenvalue weighted by molar-refractivity contribution is 0.0375. The molecule has 0 aromatic carbocycles. The number of morpholine rings is 1. The van der Waals surface area contributed by atoms with Gasteiger partial charge in [-0.15, -0.1) is 0 Å². The molecule has 0 saturated carbocycles. The summed E-state index contributed by atoms with van der Waals surface area (Å²) in [4.78, 5) is 13.3. The van der Waals surface area contributed by atoms with Gasteiger partial charge < -0.3 is 15.4 Å². The van der Waals surface area contributed by atoms with Crippen LogP contribution in [0.4, 0.5) is 4.79 Å². The van der Waals surface area contributed by atoms with Gasteiger partial charge in [0.25, 0.3) is 0 Å². The van der Waals surface area contributed by atoms with E-state index in [0.717, 1.165) is 39.3 Å². The molecule has 0 aromatic heterocycles. The smallest absolute Gasteiger partial charge is 0.318 e. The molecule has 2 N–H and O–H groups in total. The van der Waals surface area contributed by atoms with Gasteiger partial charge in [-0.1, -0.05) is 6.58 Å². The van der Waals surface area contributed by atoms with Gasteiger partial charge in [0.05, 0.1) is 13.2 Å². The monoisotopic (exact) mass is 213 g/mol. The molecule has 2 amide bonds. The summed E-state index contributed by atoms with van der Waals surface area (Å²) in [6.07, 6.45) is 2.34. The summed E-state index contributed by atoms with van der Waals surface area (Å²) >= 11 is 0. The number of hydrogen-bond acceptors (Lipinski definition) is 3. The second-order valence-corrected chi connectivity index (χ2v) is 3.41. The molecule has 0 aromatic rings. The minimum Gasteiger partial charge on any atom is -0.379 e.